The summed E-state index contributed by atoms with van der Waals surface area (Å²) in [5.41, 5.74) is 0.343. The molecule has 14 heavy (non-hydrogen) atoms. The number of methoxy groups -OCH3 is 1. The van der Waals surface area contributed by atoms with Crippen molar-refractivity contribution in [3.8, 4) is 5.75 Å². The van der Waals surface area contributed by atoms with Crippen LogP contribution in [0, 0.1) is 0 Å². The average Bonchev–Trinajstić information content (AvgIpc) is 2.16. The summed E-state index contributed by atoms with van der Waals surface area (Å²) in [4.78, 5) is 16.9. The summed E-state index contributed by atoms with van der Waals surface area (Å²) in [6.45, 7) is 0. The molecule has 1 aromatic rings. The molecular formula is C9H13ClN2O2. The van der Waals surface area contributed by atoms with Crippen LogP contribution in [0.15, 0.2) is 18.3 Å². The number of ether oxygens (including phenoxy) is 1. The second-order valence-corrected chi connectivity index (χ2v) is 2.75. The van der Waals surface area contributed by atoms with Crippen LogP contribution >= 0.6 is 12.4 Å². The third-order valence-electron chi connectivity index (χ3n) is 1.60. The fraction of sp³-hybridized carbons (Fsp3) is 0.333. The van der Waals surface area contributed by atoms with Crippen molar-refractivity contribution in [2.45, 2.75) is 0 Å². The second kappa shape index (κ2) is 5.44. The van der Waals surface area contributed by atoms with Gasteiger partial charge in [0.1, 0.15) is 5.75 Å². The van der Waals surface area contributed by atoms with Gasteiger partial charge in [-0.15, -0.1) is 12.4 Å². The quantitative estimate of drug-likeness (QED) is 0.747. The molecular weight excluding hydrogens is 204 g/mol. The molecule has 1 amide bonds. The zero-order valence-electron chi connectivity index (χ0n) is 8.35. The number of aromatic nitrogens is 1. The molecule has 0 aliphatic rings. The highest BCUT2D eigenvalue weighted by Crippen LogP contribution is 2.15. The predicted octanol–water partition coefficient (Wildman–Crippen LogP) is 1.21. The zero-order valence-corrected chi connectivity index (χ0v) is 9.17. The molecule has 0 saturated heterocycles. The van der Waals surface area contributed by atoms with E-state index in [2.05, 4.69) is 4.98 Å². The van der Waals surface area contributed by atoms with Crippen LogP contribution in [0.4, 0.5) is 0 Å². The van der Waals surface area contributed by atoms with Gasteiger partial charge < -0.3 is 9.64 Å². The first-order valence-electron chi connectivity index (χ1n) is 3.87. The minimum atomic E-state index is -0.155. The number of amides is 1. The van der Waals surface area contributed by atoms with Gasteiger partial charge in [-0.2, -0.15) is 0 Å². The third kappa shape index (κ3) is 2.60. The largest absolute Gasteiger partial charge is 0.494 e. The van der Waals surface area contributed by atoms with E-state index in [9.17, 15) is 4.79 Å². The van der Waals surface area contributed by atoms with E-state index < -0.39 is 0 Å². The average molecular weight is 217 g/mol. The maximum absolute atomic E-state index is 11.5. The molecule has 0 N–H and O–H groups in total. The second-order valence-electron chi connectivity index (χ2n) is 2.75. The third-order valence-corrected chi connectivity index (χ3v) is 1.60. The first-order chi connectivity index (χ1) is 6.16. The van der Waals surface area contributed by atoms with E-state index in [-0.39, 0.29) is 18.3 Å². The molecule has 0 saturated carbocycles. The summed E-state index contributed by atoms with van der Waals surface area (Å²) in [5.74, 6) is 0.346. The predicted molar refractivity (Wildman–Crippen MR) is 56.1 cm³/mol. The molecule has 0 atom stereocenters. The first kappa shape index (κ1) is 12.7. The van der Waals surface area contributed by atoms with Gasteiger partial charge in [0.15, 0.2) is 5.69 Å². The Labute approximate surface area is 89.3 Å². The van der Waals surface area contributed by atoms with Crippen LogP contribution in [0.1, 0.15) is 10.5 Å². The standard InChI is InChI=1S/C9H12N2O2.ClH/c1-11(2)9(12)8-7(13-3)5-4-6-10-8;/h4-6H,1-3H3;1H. The van der Waals surface area contributed by atoms with E-state index >= 15 is 0 Å². The number of carbonyl (C=O) groups excluding carboxylic acids is 1. The summed E-state index contributed by atoms with van der Waals surface area (Å²) in [6, 6.07) is 3.44. The number of hydrogen-bond donors (Lipinski definition) is 0. The van der Waals surface area contributed by atoms with Crippen molar-refractivity contribution in [3.05, 3.63) is 24.0 Å². The van der Waals surface area contributed by atoms with E-state index in [0.29, 0.717) is 11.4 Å². The fourth-order valence-electron chi connectivity index (χ4n) is 0.928. The Bertz CT molecular complexity index is 315. The maximum atomic E-state index is 11.5. The molecule has 0 bridgehead atoms. The van der Waals surface area contributed by atoms with Crippen molar-refractivity contribution >= 4 is 18.3 Å². The molecule has 0 unspecified atom stereocenters. The van der Waals surface area contributed by atoms with E-state index in [1.54, 1.807) is 32.4 Å². The summed E-state index contributed by atoms with van der Waals surface area (Å²) in [7, 11) is 4.87. The number of halogens is 1. The Morgan fingerprint density at radius 3 is 2.64 bits per heavy atom. The lowest BCUT2D eigenvalue weighted by Crippen LogP contribution is -2.23. The normalized spacial score (nSPS) is 8.79. The molecule has 0 aliphatic heterocycles. The van der Waals surface area contributed by atoms with Crippen LogP contribution in [0.3, 0.4) is 0 Å². The van der Waals surface area contributed by atoms with Crippen molar-refractivity contribution in [2.75, 3.05) is 21.2 Å². The van der Waals surface area contributed by atoms with Gasteiger partial charge >= 0.3 is 0 Å². The van der Waals surface area contributed by atoms with Gasteiger partial charge in [0, 0.05) is 20.3 Å². The number of nitrogens with zero attached hydrogens (tertiary/aromatic N) is 2. The van der Waals surface area contributed by atoms with Gasteiger partial charge in [-0.05, 0) is 12.1 Å². The highest BCUT2D eigenvalue weighted by molar-refractivity contribution is 5.94. The van der Waals surface area contributed by atoms with Gasteiger partial charge in [-0.1, -0.05) is 0 Å². The molecule has 0 aliphatic carbocycles. The van der Waals surface area contributed by atoms with E-state index in [1.165, 1.54) is 12.0 Å². The van der Waals surface area contributed by atoms with Crippen LogP contribution in [0.5, 0.6) is 5.75 Å². The molecule has 0 fully saturated rings. The van der Waals surface area contributed by atoms with E-state index in [4.69, 9.17) is 4.74 Å². The lowest BCUT2D eigenvalue weighted by Gasteiger charge is -2.11. The molecule has 1 rings (SSSR count). The highest BCUT2D eigenvalue weighted by Gasteiger charge is 2.14. The van der Waals surface area contributed by atoms with Crippen LogP contribution in [0.25, 0.3) is 0 Å². The van der Waals surface area contributed by atoms with Crippen molar-refractivity contribution in [2.24, 2.45) is 0 Å². The first-order valence-corrected chi connectivity index (χ1v) is 3.87. The molecule has 4 nitrogen and oxygen atoms in total. The topological polar surface area (TPSA) is 42.4 Å². The van der Waals surface area contributed by atoms with Crippen molar-refractivity contribution < 1.29 is 9.53 Å². The molecule has 0 spiro atoms. The van der Waals surface area contributed by atoms with Gasteiger partial charge in [-0.3, -0.25) is 4.79 Å². The zero-order chi connectivity index (χ0) is 9.84. The lowest BCUT2D eigenvalue weighted by atomic mass is 10.3. The van der Waals surface area contributed by atoms with Gasteiger partial charge in [-0.25, -0.2) is 4.98 Å². The van der Waals surface area contributed by atoms with Gasteiger partial charge in [0.25, 0.3) is 5.91 Å². The van der Waals surface area contributed by atoms with Crippen LogP contribution < -0.4 is 4.74 Å². The molecule has 0 aromatic carbocycles. The maximum Gasteiger partial charge on any atom is 0.275 e. The smallest absolute Gasteiger partial charge is 0.275 e. The van der Waals surface area contributed by atoms with Crippen LogP contribution in [-0.2, 0) is 0 Å². The minimum absolute atomic E-state index is 0. The Morgan fingerprint density at radius 1 is 1.50 bits per heavy atom. The highest BCUT2D eigenvalue weighted by atomic mass is 35.5. The lowest BCUT2D eigenvalue weighted by molar-refractivity contribution is 0.0818. The van der Waals surface area contributed by atoms with Crippen LogP contribution in [0.2, 0.25) is 0 Å². The summed E-state index contributed by atoms with van der Waals surface area (Å²) < 4.78 is 5.01. The Morgan fingerprint density at radius 2 is 2.14 bits per heavy atom. The summed E-state index contributed by atoms with van der Waals surface area (Å²) in [5, 5.41) is 0. The minimum Gasteiger partial charge on any atom is -0.494 e. The van der Waals surface area contributed by atoms with Crippen molar-refractivity contribution in [1.29, 1.82) is 0 Å². The van der Waals surface area contributed by atoms with Crippen LogP contribution in [-0.4, -0.2) is 37.0 Å². The summed E-state index contributed by atoms with van der Waals surface area (Å²) in [6.07, 6.45) is 1.57. The van der Waals surface area contributed by atoms with Crippen molar-refractivity contribution in [1.82, 2.24) is 9.88 Å². The molecule has 78 valence electrons. The Hall–Kier alpha value is -1.29. The van der Waals surface area contributed by atoms with Gasteiger partial charge in [0.2, 0.25) is 0 Å². The number of rotatable bonds is 2. The molecule has 1 heterocycles. The van der Waals surface area contributed by atoms with E-state index in [1.807, 2.05) is 0 Å². The monoisotopic (exact) mass is 216 g/mol. The Kier molecular flexibility index (Phi) is 4.94. The van der Waals surface area contributed by atoms with Crippen molar-refractivity contribution in [3.63, 3.8) is 0 Å². The molecule has 1 aromatic heterocycles. The van der Waals surface area contributed by atoms with Gasteiger partial charge in [0.05, 0.1) is 7.11 Å². The fourth-order valence-corrected chi connectivity index (χ4v) is 0.928. The molecule has 0 radical (unpaired) electrons. The molecule has 5 heteroatoms. The number of carbonyl (C=O) groups is 1. The Balaban J connectivity index is 0.00000169. The SMILES string of the molecule is COc1cccnc1C(=O)N(C)C.Cl. The summed E-state index contributed by atoms with van der Waals surface area (Å²) >= 11 is 0. The number of pyridine rings is 1. The number of hydrogen-bond acceptors (Lipinski definition) is 3. The van der Waals surface area contributed by atoms with E-state index in [0.717, 1.165) is 0 Å².